The molecular formula is C26H27NO2. The standard InChI is InChI=1S/C19H15N.C7H12O2/c1-3-8-15(9-4-1)19(16-10-5-2-6-11-16)17-12-7-13-18(14-17)20-19;1-4-5(2)7(9)6(3)8/h1-14,20H;5H,4H2,1-3H3. The van der Waals surface area contributed by atoms with Crippen LogP contribution in [0.2, 0.25) is 0 Å². The van der Waals surface area contributed by atoms with E-state index in [9.17, 15) is 9.59 Å². The van der Waals surface area contributed by atoms with Crippen molar-refractivity contribution in [3.8, 4) is 0 Å². The summed E-state index contributed by atoms with van der Waals surface area (Å²) in [5, 5.41) is 3.70. The highest BCUT2D eigenvalue weighted by Gasteiger charge is 2.39. The van der Waals surface area contributed by atoms with E-state index < -0.39 is 0 Å². The van der Waals surface area contributed by atoms with Crippen molar-refractivity contribution < 1.29 is 9.59 Å². The van der Waals surface area contributed by atoms with Gasteiger partial charge in [-0.3, -0.25) is 9.59 Å². The molecule has 1 unspecified atom stereocenters. The Labute approximate surface area is 172 Å². The maximum absolute atomic E-state index is 10.7. The summed E-state index contributed by atoms with van der Waals surface area (Å²) in [4.78, 5) is 21.1. The van der Waals surface area contributed by atoms with Gasteiger partial charge in [-0.25, -0.2) is 0 Å². The molecule has 3 aromatic rings. The highest BCUT2D eigenvalue weighted by atomic mass is 16.2. The summed E-state index contributed by atoms with van der Waals surface area (Å²) in [6.45, 7) is 4.98. The average molecular weight is 386 g/mol. The van der Waals surface area contributed by atoms with Gasteiger partial charge in [-0.1, -0.05) is 86.6 Å². The van der Waals surface area contributed by atoms with Crippen LogP contribution in [0, 0.1) is 5.92 Å². The van der Waals surface area contributed by atoms with Crippen LogP contribution >= 0.6 is 0 Å². The van der Waals surface area contributed by atoms with E-state index in [0.29, 0.717) is 0 Å². The molecule has 1 aliphatic heterocycles. The Morgan fingerprint density at radius 1 is 0.828 bits per heavy atom. The molecule has 1 heterocycles. The van der Waals surface area contributed by atoms with Gasteiger partial charge in [0.15, 0.2) is 5.78 Å². The van der Waals surface area contributed by atoms with Gasteiger partial charge in [-0.2, -0.15) is 0 Å². The Bertz CT molecular complexity index is 940. The summed E-state index contributed by atoms with van der Waals surface area (Å²) >= 11 is 0. The largest absolute Gasteiger partial charge is 0.368 e. The smallest absolute Gasteiger partial charge is 0.200 e. The first-order valence-corrected chi connectivity index (χ1v) is 10.0. The van der Waals surface area contributed by atoms with Gasteiger partial charge in [0.2, 0.25) is 5.78 Å². The van der Waals surface area contributed by atoms with Gasteiger partial charge in [0.05, 0.1) is 0 Å². The highest BCUT2D eigenvalue weighted by Crippen LogP contribution is 2.44. The van der Waals surface area contributed by atoms with Crippen LogP contribution < -0.4 is 5.32 Å². The van der Waals surface area contributed by atoms with Crippen molar-refractivity contribution in [2.75, 3.05) is 5.32 Å². The van der Waals surface area contributed by atoms with E-state index in [1.54, 1.807) is 6.92 Å². The molecule has 0 aliphatic carbocycles. The normalized spacial score (nSPS) is 14.2. The van der Waals surface area contributed by atoms with E-state index >= 15 is 0 Å². The molecule has 0 amide bonds. The third-order valence-electron chi connectivity index (χ3n) is 5.45. The van der Waals surface area contributed by atoms with E-state index in [4.69, 9.17) is 0 Å². The number of hydrogen-bond donors (Lipinski definition) is 1. The van der Waals surface area contributed by atoms with E-state index in [0.717, 1.165) is 6.42 Å². The Kier molecular flexibility index (Phi) is 6.28. The van der Waals surface area contributed by atoms with E-state index in [-0.39, 0.29) is 23.0 Å². The molecule has 0 saturated heterocycles. The fourth-order valence-corrected chi connectivity index (χ4v) is 3.67. The van der Waals surface area contributed by atoms with E-state index in [2.05, 4.69) is 90.2 Å². The zero-order valence-corrected chi connectivity index (χ0v) is 17.2. The van der Waals surface area contributed by atoms with Crippen molar-refractivity contribution in [3.63, 3.8) is 0 Å². The number of anilines is 1. The molecule has 4 rings (SSSR count). The Hall–Kier alpha value is -3.20. The Morgan fingerprint density at radius 2 is 1.34 bits per heavy atom. The van der Waals surface area contributed by atoms with E-state index in [1.807, 2.05) is 6.92 Å². The minimum atomic E-state index is -0.329. The highest BCUT2D eigenvalue weighted by molar-refractivity contribution is 6.36. The predicted molar refractivity (Wildman–Crippen MR) is 118 cm³/mol. The van der Waals surface area contributed by atoms with E-state index in [1.165, 1.54) is 29.3 Å². The fourth-order valence-electron chi connectivity index (χ4n) is 3.67. The third-order valence-corrected chi connectivity index (χ3v) is 5.45. The lowest BCUT2D eigenvalue weighted by Gasteiger charge is -2.32. The summed E-state index contributed by atoms with van der Waals surface area (Å²) in [5.74, 6) is -0.677. The second-order valence-electron chi connectivity index (χ2n) is 7.42. The van der Waals surface area contributed by atoms with Crippen LogP contribution in [0.5, 0.6) is 0 Å². The molecule has 0 fully saturated rings. The maximum atomic E-state index is 10.7. The fraction of sp³-hybridized carbons (Fsp3) is 0.231. The summed E-state index contributed by atoms with van der Waals surface area (Å²) in [6.07, 6.45) is 0.748. The molecule has 148 valence electrons. The summed E-state index contributed by atoms with van der Waals surface area (Å²) in [7, 11) is 0. The topological polar surface area (TPSA) is 46.2 Å². The van der Waals surface area contributed by atoms with Gasteiger partial charge in [0, 0.05) is 18.5 Å². The average Bonchev–Trinajstić information content (AvgIpc) is 3.04. The van der Waals surface area contributed by atoms with Crippen molar-refractivity contribution in [1.29, 1.82) is 0 Å². The molecule has 1 N–H and O–H groups in total. The molecule has 0 spiro atoms. The molecule has 0 aromatic heterocycles. The minimum Gasteiger partial charge on any atom is -0.368 e. The molecule has 3 nitrogen and oxygen atoms in total. The van der Waals surface area contributed by atoms with Crippen molar-refractivity contribution in [3.05, 3.63) is 102 Å². The van der Waals surface area contributed by atoms with Crippen molar-refractivity contribution in [2.24, 2.45) is 5.92 Å². The first-order valence-electron chi connectivity index (χ1n) is 10.0. The second kappa shape index (κ2) is 8.87. The molecule has 0 radical (unpaired) electrons. The molecule has 29 heavy (non-hydrogen) atoms. The van der Waals surface area contributed by atoms with Crippen LogP contribution in [0.4, 0.5) is 5.69 Å². The first kappa shape index (κ1) is 20.5. The number of hydrogen-bond acceptors (Lipinski definition) is 3. The third kappa shape index (κ3) is 4.14. The molecule has 3 aromatic carbocycles. The minimum absolute atomic E-state index is 0.0949. The van der Waals surface area contributed by atoms with Crippen LogP contribution in [0.25, 0.3) is 0 Å². The van der Waals surface area contributed by atoms with Crippen LogP contribution in [0.3, 0.4) is 0 Å². The number of rotatable bonds is 5. The summed E-state index contributed by atoms with van der Waals surface area (Å²) < 4.78 is 0. The van der Waals surface area contributed by atoms with Crippen molar-refractivity contribution >= 4 is 17.3 Å². The van der Waals surface area contributed by atoms with Gasteiger partial charge in [-0.15, -0.1) is 0 Å². The van der Waals surface area contributed by atoms with Crippen LogP contribution in [0.15, 0.2) is 84.9 Å². The Balaban J connectivity index is 0.000000229. The SMILES string of the molecule is CCC(C)C(=O)C(C)=O.c1ccc(C2(c3ccccc3)Nc3cccc2c3)cc1. The van der Waals surface area contributed by atoms with Crippen molar-refractivity contribution in [1.82, 2.24) is 0 Å². The van der Waals surface area contributed by atoms with Crippen LogP contribution in [-0.2, 0) is 15.1 Å². The first-order chi connectivity index (χ1) is 14.0. The number of ketones is 2. The number of benzene rings is 3. The molecule has 1 atom stereocenters. The zero-order valence-electron chi connectivity index (χ0n) is 17.2. The van der Waals surface area contributed by atoms with Gasteiger partial charge in [0.25, 0.3) is 0 Å². The van der Waals surface area contributed by atoms with Gasteiger partial charge < -0.3 is 5.32 Å². The maximum Gasteiger partial charge on any atom is 0.200 e. The van der Waals surface area contributed by atoms with Crippen LogP contribution in [-0.4, -0.2) is 11.6 Å². The lowest BCUT2D eigenvalue weighted by Crippen LogP contribution is -2.34. The van der Waals surface area contributed by atoms with Gasteiger partial charge in [-0.05, 0) is 35.2 Å². The number of carbonyl (C=O) groups excluding carboxylic acids is 2. The second-order valence-corrected chi connectivity index (χ2v) is 7.42. The summed E-state index contributed by atoms with van der Waals surface area (Å²) in [6, 6.07) is 30.0. The monoisotopic (exact) mass is 385 g/mol. The predicted octanol–water partition coefficient (Wildman–Crippen LogP) is 5.59. The number of nitrogens with one attached hydrogen (secondary N) is 1. The molecule has 1 aliphatic rings. The van der Waals surface area contributed by atoms with Crippen LogP contribution in [0.1, 0.15) is 43.9 Å². The lowest BCUT2D eigenvalue weighted by molar-refractivity contribution is -0.137. The molecule has 0 saturated carbocycles. The number of Topliss-reactive ketones (excluding diaryl/α,β-unsaturated/α-hetero) is 2. The summed E-state index contributed by atoms with van der Waals surface area (Å²) in [5.41, 5.74) is 4.75. The number of carbonyl (C=O) groups is 2. The quantitative estimate of drug-likeness (QED) is 0.582. The van der Waals surface area contributed by atoms with Gasteiger partial charge in [0.1, 0.15) is 5.54 Å². The van der Waals surface area contributed by atoms with Gasteiger partial charge >= 0.3 is 0 Å². The van der Waals surface area contributed by atoms with Crippen molar-refractivity contribution in [2.45, 2.75) is 32.7 Å². The zero-order chi connectivity index (χ0) is 20.9. The molecule has 3 heteroatoms. The molecular weight excluding hydrogens is 358 g/mol. The lowest BCUT2D eigenvalue weighted by atomic mass is 9.79. The number of fused-ring (bicyclic) bond motifs is 2. The molecule has 2 bridgehead atoms. The Morgan fingerprint density at radius 3 is 1.76 bits per heavy atom.